The first-order valence-corrected chi connectivity index (χ1v) is 7.55. The second kappa shape index (κ2) is 7.06. The predicted molar refractivity (Wildman–Crippen MR) is 82.4 cm³/mol. The summed E-state index contributed by atoms with van der Waals surface area (Å²) in [5, 5.41) is 11.0. The third-order valence-electron chi connectivity index (χ3n) is 4.61. The maximum absolute atomic E-state index is 11.0. The van der Waals surface area contributed by atoms with Crippen LogP contribution in [0.25, 0.3) is 0 Å². The average molecular weight is 263 g/mol. The van der Waals surface area contributed by atoms with Gasteiger partial charge in [-0.15, -0.1) is 0 Å². The van der Waals surface area contributed by atoms with Gasteiger partial charge in [-0.1, -0.05) is 52.0 Å². The molecule has 1 atom stereocenters. The van der Waals surface area contributed by atoms with Crippen molar-refractivity contribution < 1.29 is 5.11 Å². The van der Waals surface area contributed by atoms with Crippen LogP contribution in [0.5, 0.6) is 0 Å². The van der Waals surface area contributed by atoms with E-state index in [9.17, 15) is 5.11 Å². The zero-order chi connectivity index (χ0) is 14.5. The van der Waals surface area contributed by atoms with E-state index in [1.807, 2.05) is 12.1 Å². The van der Waals surface area contributed by atoms with Crippen LogP contribution in [0.15, 0.2) is 24.3 Å². The number of likely N-dealkylation sites (N-methyl/N-ethyl adjacent to an activating group) is 1. The number of benzene rings is 1. The zero-order valence-electron chi connectivity index (χ0n) is 13.1. The summed E-state index contributed by atoms with van der Waals surface area (Å²) < 4.78 is 0. The fourth-order valence-corrected chi connectivity index (χ4v) is 3.29. The number of hydrogen-bond acceptors (Lipinski definition) is 2. The van der Waals surface area contributed by atoms with Gasteiger partial charge in [0.1, 0.15) is 0 Å². The Morgan fingerprint density at radius 2 is 1.58 bits per heavy atom. The highest BCUT2D eigenvalue weighted by atomic mass is 16.3. The molecular weight excluding hydrogens is 234 g/mol. The number of rotatable bonds is 7. The molecule has 0 saturated heterocycles. The lowest BCUT2D eigenvalue weighted by Gasteiger charge is -2.46. The SMILES string of the molecule is CCN(CC)C(CC)(CC)C(O)c1ccccc1C. The van der Waals surface area contributed by atoms with Gasteiger partial charge in [0.2, 0.25) is 0 Å². The van der Waals surface area contributed by atoms with Crippen LogP contribution in [0.2, 0.25) is 0 Å². The summed E-state index contributed by atoms with van der Waals surface area (Å²) in [5.41, 5.74) is 2.09. The number of nitrogens with zero attached hydrogens (tertiary/aromatic N) is 1. The third-order valence-corrected chi connectivity index (χ3v) is 4.61. The summed E-state index contributed by atoms with van der Waals surface area (Å²) >= 11 is 0. The highest BCUT2D eigenvalue weighted by molar-refractivity contribution is 5.30. The molecule has 0 saturated carbocycles. The van der Waals surface area contributed by atoms with Gasteiger partial charge in [-0.05, 0) is 44.0 Å². The second-order valence-corrected chi connectivity index (χ2v) is 5.24. The van der Waals surface area contributed by atoms with E-state index < -0.39 is 6.10 Å². The molecule has 0 aliphatic carbocycles. The summed E-state index contributed by atoms with van der Waals surface area (Å²) in [6.45, 7) is 12.7. The molecule has 2 nitrogen and oxygen atoms in total. The number of aliphatic hydroxyl groups is 1. The van der Waals surface area contributed by atoms with Gasteiger partial charge < -0.3 is 5.11 Å². The normalized spacial score (nSPS) is 13.8. The molecule has 1 rings (SSSR count). The van der Waals surface area contributed by atoms with Crippen molar-refractivity contribution >= 4 is 0 Å². The topological polar surface area (TPSA) is 23.5 Å². The van der Waals surface area contributed by atoms with Gasteiger partial charge in [-0.3, -0.25) is 4.90 Å². The van der Waals surface area contributed by atoms with Gasteiger partial charge in [0.25, 0.3) is 0 Å². The van der Waals surface area contributed by atoms with Crippen molar-refractivity contribution in [1.29, 1.82) is 0 Å². The van der Waals surface area contributed by atoms with Gasteiger partial charge in [0, 0.05) is 0 Å². The van der Waals surface area contributed by atoms with Crippen LogP contribution < -0.4 is 0 Å². The molecule has 1 aromatic carbocycles. The Hall–Kier alpha value is -0.860. The molecule has 1 N–H and O–H groups in total. The van der Waals surface area contributed by atoms with Gasteiger partial charge in [-0.25, -0.2) is 0 Å². The molecule has 1 aromatic rings. The van der Waals surface area contributed by atoms with E-state index >= 15 is 0 Å². The average Bonchev–Trinajstić information content (AvgIpc) is 2.44. The third kappa shape index (κ3) is 3.01. The summed E-state index contributed by atoms with van der Waals surface area (Å²) in [7, 11) is 0. The van der Waals surface area contributed by atoms with Crippen LogP contribution in [-0.2, 0) is 0 Å². The van der Waals surface area contributed by atoms with Gasteiger partial charge >= 0.3 is 0 Å². The van der Waals surface area contributed by atoms with E-state index in [1.54, 1.807) is 0 Å². The predicted octanol–water partition coefficient (Wildman–Crippen LogP) is 3.93. The summed E-state index contributed by atoms with van der Waals surface area (Å²) in [6, 6.07) is 8.19. The standard InChI is InChI=1S/C17H29NO/c1-6-17(7-2,18(8-3)9-4)16(19)15-13-11-10-12-14(15)5/h10-13,16,19H,6-9H2,1-5H3. The Morgan fingerprint density at radius 3 is 2.00 bits per heavy atom. The molecule has 19 heavy (non-hydrogen) atoms. The van der Waals surface area contributed by atoms with Gasteiger partial charge in [0.05, 0.1) is 11.6 Å². The number of hydrogen-bond donors (Lipinski definition) is 1. The molecule has 108 valence electrons. The molecule has 0 radical (unpaired) electrons. The van der Waals surface area contributed by atoms with Crippen molar-refractivity contribution in [2.75, 3.05) is 13.1 Å². The molecule has 0 fully saturated rings. The number of aliphatic hydroxyl groups excluding tert-OH is 1. The maximum atomic E-state index is 11.0. The molecule has 0 bridgehead atoms. The van der Waals surface area contributed by atoms with Crippen LogP contribution in [0.4, 0.5) is 0 Å². The fraction of sp³-hybridized carbons (Fsp3) is 0.647. The van der Waals surface area contributed by atoms with Crippen molar-refractivity contribution in [3.63, 3.8) is 0 Å². The van der Waals surface area contributed by atoms with E-state index in [1.165, 1.54) is 5.56 Å². The minimum atomic E-state index is -0.427. The Bertz CT molecular complexity index is 381. The quantitative estimate of drug-likeness (QED) is 0.805. The van der Waals surface area contributed by atoms with Crippen molar-refractivity contribution in [3.05, 3.63) is 35.4 Å². The van der Waals surface area contributed by atoms with E-state index in [0.717, 1.165) is 31.5 Å². The van der Waals surface area contributed by atoms with Crippen molar-refractivity contribution in [2.24, 2.45) is 0 Å². The first-order chi connectivity index (χ1) is 9.07. The lowest BCUT2D eigenvalue weighted by molar-refractivity contribution is -0.0369. The minimum absolute atomic E-state index is 0.157. The minimum Gasteiger partial charge on any atom is -0.386 e. The van der Waals surface area contributed by atoms with Crippen LogP contribution in [-0.4, -0.2) is 28.6 Å². The van der Waals surface area contributed by atoms with Crippen molar-refractivity contribution in [2.45, 2.75) is 59.1 Å². The maximum Gasteiger partial charge on any atom is 0.0975 e. The van der Waals surface area contributed by atoms with Crippen LogP contribution in [0.1, 0.15) is 57.8 Å². The highest BCUT2D eigenvalue weighted by Gasteiger charge is 2.40. The first-order valence-electron chi connectivity index (χ1n) is 7.55. The molecule has 0 amide bonds. The molecule has 2 heteroatoms. The molecule has 0 aliphatic heterocycles. The Morgan fingerprint density at radius 1 is 1.05 bits per heavy atom. The van der Waals surface area contributed by atoms with E-state index in [2.05, 4.69) is 51.7 Å². The lowest BCUT2D eigenvalue weighted by atomic mass is 9.80. The Kier molecular flexibility index (Phi) is 6.02. The van der Waals surface area contributed by atoms with Crippen LogP contribution >= 0.6 is 0 Å². The van der Waals surface area contributed by atoms with Gasteiger partial charge in [-0.2, -0.15) is 0 Å². The molecule has 0 spiro atoms. The molecule has 1 unspecified atom stereocenters. The van der Waals surface area contributed by atoms with Crippen LogP contribution in [0, 0.1) is 6.92 Å². The monoisotopic (exact) mass is 263 g/mol. The van der Waals surface area contributed by atoms with Crippen molar-refractivity contribution in [3.8, 4) is 0 Å². The Labute approximate surface area is 118 Å². The fourth-order valence-electron chi connectivity index (χ4n) is 3.29. The van der Waals surface area contributed by atoms with Crippen LogP contribution in [0.3, 0.4) is 0 Å². The van der Waals surface area contributed by atoms with E-state index in [0.29, 0.717) is 0 Å². The molecule has 0 heterocycles. The number of aryl methyl sites for hydroxylation is 1. The molecular formula is C17H29NO. The zero-order valence-corrected chi connectivity index (χ0v) is 13.1. The summed E-state index contributed by atoms with van der Waals surface area (Å²) in [6.07, 6.45) is 1.49. The molecule has 0 aliphatic rings. The van der Waals surface area contributed by atoms with Gasteiger partial charge in [0.15, 0.2) is 0 Å². The second-order valence-electron chi connectivity index (χ2n) is 5.24. The highest BCUT2D eigenvalue weighted by Crippen LogP contribution is 2.38. The largest absolute Gasteiger partial charge is 0.386 e. The van der Waals surface area contributed by atoms with Crippen molar-refractivity contribution in [1.82, 2.24) is 4.90 Å². The first kappa shape index (κ1) is 16.2. The smallest absolute Gasteiger partial charge is 0.0975 e. The summed E-state index contributed by atoms with van der Waals surface area (Å²) in [4.78, 5) is 2.41. The summed E-state index contributed by atoms with van der Waals surface area (Å²) in [5.74, 6) is 0. The van der Waals surface area contributed by atoms with E-state index in [4.69, 9.17) is 0 Å². The lowest BCUT2D eigenvalue weighted by Crippen LogP contribution is -2.52. The Balaban J connectivity index is 3.22. The van der Waals surface area contributed by atoms with E-state index in [-0.39, 0.29) is 5.54 Å². The molecule has 0 aromatic heterocycles.